The molecule has 0 fully saturated rings. The molecule has 0 radical (unpaired) electrons. The summed E-state index contributed by atoms with van der Waals surface area (Å²) in [7, 11) is 0. The second kappa shape index (κ2) is 13.0. The van der Waals surface area contributed by atoms with Crippen LogP contribution < -0.4 is 0 Å². The molecule has 2 aliphatic rings. The van der Waals surface area contributed by atoms with Crippen LogP contribution in [0.3, 0.4) is 0 Å². The molecule has 49 heavy (non-hydrogen) atoms. The van der Waals surface area contributed by atoms with E-state index in [1.165, 1.54) is 0 Å². The number of fused-ring (bicyclic) bond motifs is 8. The minimum Gasteiger partial charge on any atom is -0.354 e. The third kappa shape index (κ3) is 5.62. The van der Waals surface area contributed by atoms with Crippen molar-refractivity contribution in [1.82, 2.24) is 19.9 Å². The van der Waals surface area contributed by atoms with Crippen molar-refractivity contribution in [3.63, 3.8) is 0 Å². The van der Waals surface area contributed by atoms with E-state index in [-0.39, 0.29) is 22.4 Å². The summed E-state index contributed by atoms with van der Waals surface area (Å²) < 4.78 is 0. The summed E-state index contributed by atoms with van der Waals surface area (Å²) >= 11 is 0. The molecular formula is C44H30AuN4+3. The first-order valence-electron chi connectivity index (χ1n) is 16.2. The predicted molar refractivity (Wildman–Crippen MR) is 201 cm³/mol. The van der Waals surface area contributed by atoms with Crippen LogP contribution in [0.2, 0.25) is 0 Å². The van der Waals surface area contributed by atoms with Crippen molar-refractivity contribution >= 4 is 46.4 Å². The Bertz CT molecular complexity index is 2180. The van der Waals surface area contributed by atoms with E-state index >= 15 is 0 Å². The van der Waals surface area contributed by atoms with E-state index in [4.69, 9.17) is 9.97 Å². The molecule has 4 aromatic carbocycles. The first-order valence-corrected chi connectivity index (χ1v) is 16.2. The zero-order chi connectivity index (χ0) is 31.9. The van der Waals surface area contributed by atoms with Gasteiger partial charge in [0.05, 0.1) is 22.8 Å². The smallest absolute Gasteiger partial charge is 0.354 e. The molecule has 4 nitrogen and oxygen atoms in total. The maximum atomic E-state index is 5.35. The first-order chi connectivity index (χ1) is 23.8. The van der Waals surface area contributed by atoms with Crippen molar-refractivity contribution in [2.45, 2.75) is 0 Å². The number of nitrogens with zero attached hydrogens (tertiary/aromatic N) is 2. The zero-order valence-corrected chi connectivity index (χ0v) is 28.5. The van der Waals surface area contributed by atoms with Gasteiger partial charge in [-0.1, -0.05) is 121 Å². The average molecular weight is 812 g/mol. The molecule has 2 N–H and O–H groups in total. The molecule has 5 heteroatoms. The second-order valence-corrected chi connectivity index (χ2v) is 12.0. The van der Waals surface area contributed by atoms with Crippen LogP contribution >= 0.6 is 0 Å². The number of benzene rings is 4. The average Bonchev–Trinajstić information content (AvgIpc) is 3.98. The van der Waals surface area contributed by atoms with E-state index in [2.05, 4.69) is 156 Å². The number of rotatable bonds is 4. The topological polar surface area (TPSA) is 57.4 Å². The van der Waals surface area contributed by atoms with Gasteiger partial charge in [0.25, 0.3) is 0 Å². The van der Waals surface area contributed by atoms with E-state index in [1.54, 1.807) is 0 Å². The minimum absolute atomic E-state index is 0. The Hall–Kier alpha value is -5.78. The predicted octanol–water partition coefficient (Wildman–Crippen LogP) is 11.3. The molecule has 2 aliphatic heterocycles. The van der Waals surface area contributed by atoms with Crippen LogP contribution in [-0.2, 0) is 22.4 Å². The van der Waals surface area contributed by atoms with Crippen LogP contribution in [0.5, 0.6) is 0 Å². The summed E-state index contributed by atoms with van der Waals surface area (Å²) in [4.78, 5) is 18.3. The Balaban J connectivity index is 0.00000348. The van der Waals surface area contributed by atoms with Crippen LogP contribution in [0.4, 0.5) is 0 Å². The summed E-state index contributed by atoms with van der Waals surface area (Å²) in [5.74, 6) is 0. The van der Waals surface area contributed by atoms with Gasteiger partial charge in [0.1, 0.15) is 0 Å². The second-order valence-electron chi connectivity index (χ2n) is 12.0. The number of hydrogen-bond acceptors (Lipinski definition) is 2. The van der Waals surface area contributed by atoms with E-state index < -0.39 is 0 Å². The normalized spacial score (nSPS) is 11.8. The van der Waals surface area contributed by atoms with Gasteiger partial charge in [-0.25, -0.2) is 9.97 Å². The molecule has 0 spiro atoms. The van der Waals surface area contributed by atoms with Gasteiger partial charge in [-0.3, -0.25) is 0 Å². The Kier molecular flexibility index (Phi) is 8.12. The van der Waals surface area contributed by atoms with E-state index in [0.717, 1.165) is 89.4 Å². The molecule has 5 heterocycles. The summed E-state index contributed by atoms with van der Waals surface area (Å²) in [6.07, 6.45) is 8.54. The molecule has 234 valence electrons. The van der Waals surface area contributed by atoms with Crippen molar-refractivity contribution in [1.29, 1.82) is 0 Å². The van der Waals surface area contributed by atoms with E-state index in [1.807, 2.05) is 24.3 Å². The first kappa shape index (κ1) is 30.5. The molecule has 0 unspecified atom stereocenters. The van der Waals surface area contributed by atoms with Crippen molar-refractivity contribution in [3.8, 4) is 44.5 Å². The fourth-order valence-corrected chi connectivity index (χ4v) is 6.84. The van der Waals surface area contributed by atoms with Crippen LogP contribution in [0, 0.1) is 0 Å². The molecule has 0 aliphatic carbocycles. The third-order valence-electron chi connectivity index (χ3n) is 9.00. The summed E-state index contributed by atoms with van der Waals surface area (Å²) in [6.45, 7) is 0. The summed E-state index contributed by atoms with van der Waals surface area (Å²) in [5, 5.41) is 0. The van der Waals surface area contributed by atoms with E-state index in [9.17, 15) is 0 Å². The van der Waals surface area contributed by atoms with Crippen molar-refractivity contribution in [2.75, 3.05) is 0 Å². The molecule has 0 saturated heterocycles. The Morgan fingerprint density at radius 3 is 0.735 bits per heavy atom. The minimum atomic E-state index is 0. The molecule has 3 aromatic heterocycles. The third-order valence-corrected chi connectivity index (χ3v) is 9.00. The molecule has 0 atom stereocenters. The fourth-order valence-electron chi connectivity index (χ4n) is 6.84. The summed E-state index contributed by atoms with van der Waals surface area (Å²) in [6, 6.07) is 50.7. The van der Waals surface area contributed by atoms with Gasteiger partial charge in [0, 0.05) is 44.3 Å². The maximum absolute atomic E-state index is 5.35. The van der Waals surface area contributed by atoms with Gasteiger partial charge in [-0.15, -0.1) is 0 Å². The Labute approximate surface area is 300 Å². The molecule has 9 rings (SSSR count). The maximum Gasteiger partial charge on any atom is 3.00 e. The number of hydrogen-bond donors (Lipinski definition) is 2. The standard InChI is InChI=1S/C44H30N4.Au/c1-5-13-29(14-6-1)41-33-21-23-35(45-33)42(30-15-7-2-8-16-30)37-25-27-39(47-37)44(32-19-11-4-12-20-32)40-28-26-38(48-40)43(31-17-9-3-10-18-31)36-24-22-34(41)46-36;/h1-28,45,48H;/q;+3. The van der Waals surface area contributed by atoms with Gasteiger partial charge in [-0.05, 0) is 70.8 Å². The van der Waals surface area contributed by atoms with Gasteiger partial charge < -0.3 is 9.97 Å². The molecule has 0 saturated carbocycles. The van der Waals surface area contributed by atoms with Gasteiger partial charge in [0.15, 0.2) is 0 Å². The van der Waals surface area contributed by atoms with Crippen LogP contribution in [-0.4, -0.2) is 19.9 Å². The largest absolute Gasteiger partial charge is 3.00 e. The van der Waals surface area contributed by atoms with Crippen molar-refractivity contribution in [2.24, 2.45) is 0 Å². The van der Waals surface area contributed by atoms with Crippen LogP contribution in [0.25, 0.3) is 90.9 Å². The van der Waals surface area contributed by atoms with Gasteiger partial charge in [-0.2, -0.15) is 0 Å². The van der Waals surface area contributed by atoms with Gasteiger partial charge >= 0.3 is 22.4 Å². The molecule has 7 aromatic rings. The monoisotopic (exact) mass is 811 g/mol. The van der Waals surface area contributed by atoms with Crippen LogP contribution in [0.1, 0.15) is 22.8 Å². The van der Waals surface area contributed by atoms with Crippen molar-refractivity contribution < 1.29 is 22.4 Å². The molecule has 8 bridgehead atoms. The molecular weight excluding hydrogens is 781 g/mol. The summed E-state index contributed by atoms with van der Waals surface area (Å²) in [5.41, 5.74) is 16.2. The SMILES string of the molecule is C1=Cc2nc1c(-c1ccccc1)c1ccc([nH]1)c(-c1ccccc1)c1nc(c(-c3ccccc3)c3ccc([nH]3)c2-c2ccccc2)C=C1.[Au+3]. The number of H-pyrrole nitrogens is 2. The van der Waals surface area contributed by atoms with Crippen LogP contribution in [0.15, 0.2) is 146 Å². The van der Waals surface area contributed by atoms with E-state index in [0.29, 0.717) is 0 Å². The van der Waals surface area contributed by atoms with Gasteiger partial charge in [0.2, 0.25) is 0 Å². The number of nitrogens with one attached hydrogen (secondary N) is 2. The van der Waals surface area contributed by atoms with Crippen molar-refractivity contribution in [3.05, 3.63) is 168 Å². The number of aromatic nitrogens is 4. The molecule has 0 amide bonds. The quantitative estimate of drug-likeness (QED) is 0.174. The Morgan fingerprint density at radius 1 is 0.286 bits per heavy atom. The Morgan fingerprint density at radius 2 is 0.510 bits per heavy atom. The zero-order valence-electron chi connectivity index (χ0n) is 26.4. The fraction of sp³-hybridized carbons (Fsp3) is 0. The number of aromatic amines is 2.